The number of aromatic nitrogens is 1. The Morgan fingerprint density at radius 1 is 1.27 bits per heavy atom. The summed E-state index contributed by atoms with van der Waals surface area (Å²) in [5.41, 5.74) is 8.10. The van der Waals surface area contributed by atoms with Gasteiger partial charge in [-0.2, -0.15) is 0 Å². The molecule has 156 valence electrons. The van der Waals surface area contributed by atoms with Crippen molar-refractivity contribution < 1.29 is 18.3 Å². The van der Waals surface area contributed by atoms with Crippen LogP contribution in [0, 0.1) is 6.92 Å². The number of nitrogens with one attached hydrogen (secondary N) is 1. The molecular formula is C21H20ClN3O4S. The molecule has 30 heavy (non-hydrogen) atoms. The molecule has 2 atom stereocenters. The van der Waals surface area contributed by atoms with Crippen LogP contribution in [0.3, 0.4) is 0 Å². The van der Waals surface area contributed by atoms with E-state index in [1.165, 1.54) is 12.3 Å². The number of carbonyl (C=O) groups is 1. The molecule has 0 saturated carbocycles. The number of hydrogen-bond acceptors (Lipinski definition) is 5. The first-order chi connectivity index (χ1) is 14.2. The molecule has 0 aliphatic carbocycles. The third-order valence-electron chi connectivity index (χ3n) is 4.40. The Bertz CT molecular complexity index is 1120. The average Bonchev–Trinajstić information content (AvgIpc) is 2.71. The summed E-state index contributed by atoms with van der Waals surface area (Å²) < 4.78 is 26.6. The summed E-state index contributed by atoms with van der Waals surface area (Å²) in [7, 11) is 0. The van der Waals surface area contributed by atoms with Crippen LogP contribution in [-0.4, -0.2) is 19.7 Å². The molecule has 2 aromatic carbocycles. The van der Waals surface area contributed by atoms with E-state index in [0.717, 1.165) is 5.56 Å². The largest absolute Gasteiger partial charge is 0.482 e. The number of hydrogen-bond donors (Lipinski definition) is 3. The monoisotopic (exact) mass is 445 g/mol. The molecule has 0 radical (unpaired) electrons. The molecule has 4 N–H and O–H groups in total. The molecule has 0 spiro atoms. The number of ether oxygens (including phenoxy) is 1. The predicted molar refractivity (Wildman–Crippen MR) is 117 cm³/mol. The molecule has 0 aliphatic heterocycles. The standard InChI is InChI=1S/C21H20ClN3O4S/c1-12-6-7-15(9-19(12)30(27)28)21(26)25-17-5-3-4-14(8-17)13(2)29-18-10-16(22)11-24-20(18)23/h3-11,13H,1-2H3,(H2,23,24)(H,25,26)(H,27,28)/t13-/m1/s1. The van der Waals surface area contributed by atoms with E-state index in [1.54, 1.807) is 43.3 Å². The minimum absolute atomic E-state index is 0.200. The number of halogens is 1. The van der Waals surface area contributed by atoms with Gasteiger partial charge in [0.2, 0.25) is 0 Å². The van der Waals surface area contributed by atoms with Gasteiger partial charge in [0, 0.05) is 23.5 Å². The molecule has 9 heteroatoms. The number of nitrogens with two attached hydrogens (primary N) is 1. The Morgan fingerprint density at radius 2 is 2.03 bits per heavy atom. The third-order valence-corrected chi connectivity index (χ3v) is 5.43. The van der Waals surface area contributed by atoms with Gasteiger partial charge in [-0.1, -0.05) is 29.8 Å². The van der Waals surface area contributed by atoms with Crippen LogP contribution in [0.15, 0.2) is 59.6 Å². The minimum atomic E-state index is -2.17. The van der Waals surface area contributed by atoms with E-state index in [1.807, 2.05) is 13.0 Å². The highest BCUT2D eigenvalue weighted by Gasteiger charge is 2.14. The lowest BCUT2D eigenvalue weighted by Crippen LogP contribution is -2.13. The van der Waals surface area contributed by atoms with E-state index in [2.05, 4.69) is 10.3 Å². The van der Waals surface area contributed by atoms with Crippen molar-refractivity contribution >= 4 is 40.1 Å². The van der Waals surface area contributed by atoms with Gasteiger partial charge in [-0.05, 0) is 49.2 Å². The molecule has 3 rings (SSSR count). The highest BCUT2D eigenvalue weighted by Crippen LogP contribution is 2.29. The smallest absolute Gasteiger partial charge is 0.255 e. The summed E-state index contributed by atoms with van der Waals surface area (Å²) in [6, 6.07) is 13.4. The zero-order chi connectivity index (χ0) is 21.8. The summed E-state index contributed by atoms with van der Waals surface area (Å²) in [6.07, 6.45) is 1.06. The molecule has 0 saturated heterocycles. The second-order valence-electron chi connectivity index (χ2n) is 6.61. The van der Waals surface area contributed by atoms with Crippen molar-refractivity contribution in [2.24, 2.45) is 0 Å². The van der Waals surface area contributed by atoms with Crippen molar-refractivity contribution in [1.29, 1.82) is 0 Å². The van der Waals surface area contributed by atoms with Crippen LogP contribution in [0.5, 0.6) is 5.75 Å². The summed E-state index contributed by atoms with van der Waals surface area (Å²) in [5, 5.41) is 3.20. The lowest BCUT2D eigenvalue weighted by Gasteiger charge is -2.17. The fourth-order valence-corrected chi connectivity index (χ4v) is 3.51. The van der Waals surface area contributed by atoms with Gasteiger partial charge < -0.3 is 20.3 Å². The average molecular weight is 446 g/mol. The van der Waals surface area contributed by atoms with Crippen LogP contribution in [0.25, 0.3) is 0 Å². The topological polar surface area (TPSA) is 115 Å². The normalized spacial score (nSPS) is 12.8. The molecule has 0 fully saturated rings. The van der Waals surface area contributed by atoms with E-state index in [0.29, 0.717) is 22.0 Å². The number of aryl methyl sites for hydroxylation is 1. The number of nitrogens with zero attached hydrogens (tertiary/aromatic N) is 1. The third kappa shape index (κ3) is 5.15. The number of anilines is 2. The highest BCUT2D eigenvalue weighted by molar-refractivity contribution is 7.79. The maximum Gasteiger partial charge on any atom is 0.255 e. The van der Waals surface area contributed by atoms with Gasteiger partial charge in [0.25, 0.3) is 5.91 Å². The van der Waals surface area contributed by atoms with Gasteiger partial charge in [-0.15, -0.1) is 0 Å². The van der Waals surface area contributed by atoms with Crippen molar-refractivity contribution in [3.05, 3.63) is 76.4 Å². The quantitative estimate of drug-likeness (QED) is 0.478. The van der Waals surface area contributed by atoms with Crippen molar-refractivity contribution in [1.82, 2.24) is 4.98 Å². The summed E-state index contributed by atoms with van der Waals surface area (Å²) in [6.45, 7) is 3.54. The molecule has 1 unspecified atom stereocenters. The number of amides is 1. The van der Waals surface area contributed by atoms with Crippen LogP contribution in [0.4, 0.5) is 11.5 Å². The van der Waals surface area contributed by atoms with Crippen molar-refractivity contribution in [3.63, 3.8) is 0 Å². The number of benzene rings is 2. The van der Waals surface area contributed by atoms with E-state index in [9.17, 15) is 13.6 Å². The van der Waals surface area contributed by atoms with Gasteiger partial charge in [0.05, 0.1) is 9.92 Å². The Kier molecular flexibility index (Phi) is 6.71. The molecule has 0 aliphatic rings. The highest BCUT2D eigenvalue weighted by atomic mass is 35.5. The van der Waals surface area contributed by atoms with Gasteiger partial charge in [0.15, 0.2) is 22.6 Å². The molecule has 1 amide bonds. The maximum absolute atomic E-state index is 12.6. The molecule has 3 aromatic rings. The molecule has 7 nitrogen and oxygen atoms in total. The Hall–Kier alpha value is -2.94. The van der Waals surface area contributed by atoms with Crippen molar-refractivity contribution in [2.45, 2.75) is 24.8 Å². The van der Waals surface area contributed by atoms with Crippen LogP contribution in [-0.2, 0) is 11.1 Å². The van der Waals surface area contributed by atoms with Crippen molar-refractivity contribution in [3.8, 4) is 5.75 Å². The Balaban J connectivity index is 1.77. The fourth-order valence-electron chi connectivity index (χ4n) is 2.79. The lowest BCUT2D eigenvalue weighted by atomic mass is 10.1. The zero-order valence-corrected chi connectivity index (χ0v) is 17.8. The first-order valence-electron chi connectivity index (χ1n) is 8.95. The number of carbonyl (C=O) groups excluding carboxylic acids is 1. The number of rotatable bonds is 6. The fraction of sp³-hybridized carbons (Fsp3) is 0.143. The molecule has 1 heterocycles. The van der Waals surface area contributed by atoms with Crippen LogP contribution >= 0.6 is 11.6 Å². The van der Waals surface area contributed by atoms with E-state index in [-0.39, 0.29) is 22.4 Å². The molecular weight excluding hydrogens is 426 g/mol. The zero-order valence-electron chi connectivity index (χ0n) is 16.3. The second-order valence-corrected chi connectivity index (χ2v) is 7.98. The van der Waals surface area contributed by atoms with Crippen LogP contribution < -0.4 is 15.8 Å². The van der Waals surface area contributed by atoms with Crippen LogP contribution in [0.2, 0.25) is 5.02 Å². The first kappa shape index (κ1) is 21.8. The van der Waals surface area contributed by atoms with Crippen LogP contribution in [0.1, 0.15) is 34.5 Å². The summed E-state index contributed by atoms with van der Waals surface area (Å²) in [4.78, 5) is 16.8. The first-order valence-corrected chi connectivity index (χ1v) is 10.4. The molecule has 1 aromatic heterocycles. The second kappa shape index (κ2) is 9.25. The lowest BCUT2D eigenvalue weighted by molar-refractivity contribution is 0.102. The SMILES string of the molecule is Cc1ccc(C(=O)Nc2cccc([C@@H](C)Oc3cc(Cl)cnc3N)c2)cc1S(=O)O. The maximum atomic E-state index is 12.6. The summed E-state index contributed by atoms with van der Waals surface area (Å²) in [5.74, 6) is 0.205. The van der Waals surface area contributed by atoms with E-state index >= 15 is 0 Å². The Labute approximate surface area is 181 Å². The summed E-state index contributed by atoms with van der Waals surface area (Å²) >= 11 is 3.78. The predicted octanol–water partition coefficient (Wildman–Crippen LogP) is 4.60. The van der Waals surface area contributed by atoms with Crippen molar-refractivity contribution in [2.75, 3.05) is 11.1 Å². The van der Waals surface area contributed by atoms with E-state index < -0.39 is 17.0 Å². The van der Waals surface area contributed by atoms with Gasteiger partial charge in [-0.3, -0.25) is 4.79 Å². The molecule has 0 bridgehead atoms. The Morgan fingerprint density at radius 3 is 2.77 bits per heavy atom. The minimum Gasteiger partial charge on any atom is -0.482 e. The van der Waals surface area contributed by atoms with E-state index in [4.69, 9.17) is 22.1 Å². The van der Waals surface area contributed by atoms with Gasteiger partial charge >= 0.3 is 0 Å². The number of nitrogen functional groups attached to an aromatic ring is 1. The number of pyridine rings is 1. The van der Waals surface area contributed by atoms with Gasteiger partial charge in [-0.25, -0.2) is 9.19 Å². The van der Waals surface area contributed by atoms with Gasteiger partial charge in [0.1, 0.15) is 6.10 Å².